The summed E-state index contributed by atoms with van der Waals surface area (Å²) in [6, 6.07) is 6.17. The van der Waals surface area contributed by atoms with E-state index in [4.69, 9.17) is 14.2 Å². The number of nitro benzene ring substituents is 1. The van der Waals surface area contributed by atoms with Crippen LogP contribution in [-0.4, -0.2) is 56.6 Å². The van der Waals surface area contributed by atoms with Gasteiger partial charge in [0, 0.05) is 6.07 Å². The molecule has 1 N–H and O–H groups in total. The summed E-state index contributed by atoms with van der Waals surface area (Å²) in [7, 11) is 0. The Labute approximate surface area is 136 Å². The lowest BCUT2D eigenvalue weighted by molar-refractivity contribution is -0.915. The number of morpholine rings is 1. The fraction of sp³-hybridized carbons (Fsp3) is 0.625. The van der Waals surface area contributed by atoms with Crippen LogP contribution in [-0.2, 0) is 9.47 Å². The van der Waals surface area contributed by atoms with E-state index in [0.29, 0.717) is 37.8 Å². The van der Waals surface area contributed by atoms with Crippen molar-refractivity contribution >= 4 is 5.69 Å². The SMILES string of the molecule is C[C@@H]1C[NH+](CCOCCOc2cccc([N+](=O)[O-])c2)C[C@@H](C)O1. The van der Waals surface area contributed by atoms with Gasteiger partial charge in [0.05, 0.1) is 24.2 Å². The Bertz CT molecular complexity index is 501. The molecule has 0 radical (unpaired) electrons. The Hall–Kier alpha value is -1.70. The molecule has 7 heteroatoms. The van der Waals surface area contributed by atoms with Gasteiger partial charge in [-0.15, -0.1) is 0 Å². The molecule has 0 saturated carbocycles. The van der Waals surface area contributed by atoms with Gasteiger partial charge in [0.15, 0.2) is 0 Å². The summed E-state index contributed by atoms with van der Waals surface area (Å²) in [5.41, 5.74) is 0.0302. The van der Waals surface area contributed by atoms with Crippen LogP contribution < -0.4 is 9.64 Å². The predicted octanol–water partition coefficient (Wildman–Crippen LogP) is 0.682. The summed E-state index contributed by atoms with van der Waals surface area (Å²) < 4.78 is 16.8. The number of ether oxygens (including phenoxy) is 3. The van der Waals surface area contributed by atoms with E-state index < -0.39 is 4.92 Å². The molecule has 1 aliphatic rings. The number of hydrogen-bond donors (Lipinski definition) is 1. The van der Waals surface area contributed by atoms with Crippen molar-refractivity contribution < 1.29 is 24.0 Å². The van der Waals surface area contributed by atoms with Crippen molar-refractivity contribution in [2.75, 3.05) is 39.5 Å². The minimum absolute atomic E-state index is 0.0302. The number of quaternary nitrogens is 1. The van der Waals surface area contributed by atoms with E-state index in [2.05, 4.69) is 13.8 Å². The summed E-state index contributed by atoms with van der Waals surface area (Å²) in [5.74, 6) is 0.490. The Morgan fingerprint density at radius 2 is 2.00 bits per heavy atom. The molecule has 0 aromatic heterocycles. The quantitative estimate of drug-likeness (QED) is 0.432. The first-order valence-electron chi connectivity index (χ1n) is 7.98. The molecule has 2 rings (SSSR count). The van der Waals surface area contributed by atoms with Crippen LogP contribution in [0.1, 0.15) is 13.8 Å². The average Bonchev–Trinajstić information content (AvgIpc) is 2.50. The van der Waals surface area contributed by atoms with Gasteiger partial charge >= 0.3 is 0 Å². The number of nitrogens with one attached hydrogen (secondary N) is 1. The van der Waals surface area contributed by atoms with Crippen molar-refractivity contribution in [1.29, 1.82) is 0 Å². The summed E-state index contributed by atoms with van der Waals surface area (Å²) in [6.07, 6.45) is 0.594. The molecular weight excluding hydrogens is 300 g/mol. The van der Waals surface area contributed by atoms with Gasteiger partial charge in [0.25, 0.3) is 5.69 Å². The maximum atomic E-state index is 10.7. The van der Waals surface area contributed by atoms with Gasteiger partial charge < -0.3 is 19.1 Å². The van der Waals surface area contributed by atoms with Gasteiger partial charge in [-0.3, -0.25) is 10.1 Å². The third-order valence-electron chi connectivity index (χ3n) is 3.74. The second-order valence-corrected chi connectivity index (χ2v) is 5.88. The van der Waals surface area contributed by atoms with E-state index in [1.165, 1.54) is 17.0 Å². The van der Waals surface area contributed by atoms with E-state index in [9.17, 15) is 10.1 Å². The average molecular weight is 325 g/mol. The molecule has 7 nitrogen and oxygen atoms in total. The summed E-state index contributed by atoms with van der Waals surface area (Å²) >= 11 is 0. The molecule has 0 spiro atoms. The lowest BCUT2D eigenvalue weighted by atomic mass is 10.2. The van der Waals surface area contributed by atoms with E-state index >= 15 is 0 Å². The lowest BCUT2D eigenvalue weighted by Crippen LogP contribution is -3.15. The molecule has 0 unspecified atom stereocenters. The number of nitrogens with zero attached hydrogens (tertiary/aromatic N) is 1. The third-order valence-corrected chi connectivity index (χ3v) is 3.74. The van der Waals surface area contributed by atoms with Crippen LogP contribution in [0.2, 0.25) is 0 Å². The highest BCUT2D eigenvalue weighted by atomic mass is 16.6. The smallest absolute Gasteiger partial charge is 0.273 e. The normalized spacial score (nSPS) is 24.3. The largest absolute Gasteiger partial charge is 0.491 e. The highest BCUT2D eigenvalue weighted by Gasteiger charge is 2.24. The minimum atomic E-state index is -0.434. The fourth-order valence-corrected chi connectivity index (χ4v) is 2.82. The molecule has 0 aliphatic carbocycles. The lowest BCUT2D eigenvalue weighted by Gasteiger charge is -2.32. The van der Waals surface area contributed by atoms with Crippen molar-refractivity contribution in [3.05, 3.63) is 34.4 Å². The number of nitro groups is 1. The van der Waals surface area contributed by atoms with Crippen LogP contribution in [0.25, 0.3) is 0 Å². The van der Waals surface area contributed by atoms with Crippen LogP contribution in [0.4, 0.5) is 5.69 Å². The van der Waals surface area contributed by atoms with E-state index in [-0.39, 0.29) is 5.69 Å². The molecule has 1 aromatic rings. The van der Waals surface area contributed by atoms with Crippen LogP contribution in [0.5, 0.6) is 5.75 Å². The zero-order valence-electron chi connectivity index (χ0n) is 13.7. The molecule has 1 saturated heterocycles. The van der Waals surface area contributed by atoms with Crippen molar-refractivity contribution in [2.24, 2.45) is 0 Å². The summed E-state index contributed by atoms with van der Waals surface area (Å²) in [5, 5.41) is 10.7. The number of non-ortho nitro benzene ring substituents is 1. The van der Waals surface area contributed by atoms with Crippen molar-refractivity contribution in [3.63, 3.8) is 0 Å². The zero-order chi connectivity index (χ0) is 16.7. The highest BCUT2D eigenvalue weighted by Crippen LogP contribution is 2.18. The molecule has 1 aromatic carbocycles. The molecular formula is C16H25N2O5+. The first kappa shape index (κ1) is 17.7. The van der Waals surface area contributed by atoms with Gasteiger partial charge in [-0.05, 0) is 19.9 Å². The molecule has 1 fully saturated rings. The minimum Gasteiger partial charge on any atom is -0.491 e. The first-order chi connectivity index (χ1) is 11.0. The number of rotatable bonds is 8. The van der Waals surface area contributed by atoms with Crippen molar-refractivity contribution in [2.45, 2.75) is 26.1 Å². The van der Waals surface area contributed by atoms with Crippen LogP contribution >= 0.6 is 0 Å². The van der Waals surface area contributed by atoms with Gasteiger partial charge in [-0.1, -0.05) is 6.07 Å². The van der Waals surface area contributed by atoms with E-state index in [0.717, 1.165) is 19.6 Å². The molecule has 2 atom stereocenters. The first-order valence-corrected chi connectivity index (χ1v) is 7.98. The second kappa shape index (κ2) is 8.81. The summed E-state index contributed by atoms with van der Waals surface area (Å²) in [4.78, 5) is 11.7. The van der Waals surface area contributed by atoms with E-state index in [1.807, 2.05) is 0 Å². The Kier molecular flexibility index (Phi) is 6.76. The highest BCUT2D eigenvalue weighted by molar-refractivity contribution is 5.37. The van der Waals surface area contributed by atoms with E-state index in [1.54, 1.807) is 12.1 Å². The summed E-state index contributed by atoms with van der Waals surface area (Å²) in [6.45, 7) is 8.70. The van der Waals surface area contributed by atoms with Crippen molar-refractivity contribution in [1.82, 2.24) is 0 Å². The second-order valence-electron chi connectivity index (χ2n) is 5.88. The Balaban J connectivity index is 1.59. The van der Waals surface area contributed by atoms with Gasteiger partial charge in [-0.2, -0.15) is 0 Å². The maximum absolute atomic E-state index is 10.7. The van der Waals surface area contributed by atoms with Gasteiger partial charge in [-0.25, -0.2) is 0 Å². The topological polar surface area (TPSA) is 75.3 Å². The predicted molar refractivity (Wildman–Crippen MR) is 85.0 cm³/mol. The molecule has 0 amide bonds. The molecule has 1 aliphatic heterocycles. The van der Waals surface area contributed by atoms with Gasteiger partial charge in [0.1, 0.15) is 44.2 Å². The number of benzene rings is 1. The fourth-order valence-electron chi connectivity index (χ4n) is 2.82. The molecule has 128 valence electrons. The zero-order valence-corrected chi connectivity index (χ0v) is 13.7. The molecule has 0 bridgehead atoms. The standard InChI is InChI=1S/C16H24N2O5/c1-13-11-17(12-14(2)23-13)6-7-21-8-9-22-16-5-3-4-15(10-16)18(19)20/h3-5,10,13-14H,6-9,11-12H2,1-2H3/p+1/t13-,14-/m1/s1. The Morgan fingerprint density at radius 1 is 1.26 bits per heavy atom. The van der Waals surface area contributed by atoms with Gasteiger partial charge in [0.2, 0.25) is 0 Å². The van der Waals surface area contributed by atoms with Crippen molar-refractivity contribution in [3.8, 4) is 5.75 Å². The monoisotopic (exact) mass is 325 g/mol. The molecule has 23 heavy (non-hydrogen) atoms. The Morgan fingerprint density at radius 3 is 2.70 bits per heavy atom. The van der Waals surface area contributed by atoms with Crippen LogP contribution in [0, 0.1) is 10.1 Å². The third kappa shape index (κ3) is 6.13. The maximum Gasteiger partial charge on any atom is 0.273 e. The van der Waals surface area contributed by atoms with Crippen LogP contribution in [0.3, 0.4) is 0 Å². The molecule has 1 heterocycles. The van der Waals surface area contributed by atoms with Crippen LogP contribution in [0.15, 0.2) is 24.3 Å². The number of hydrogen-bond acceptors (Lipinski definition) is 5.